The lowest BCUT2D eigenvalue weighted by Crippen LogP contribution is -2.28. The fourth-order valence-electron chi connectivity index (χ4n) is 2.47. The van der Waals surface area contributed by atoms with Crippen molar-refractivity contribution >= 4 is 5.97 Å². The number of likely N-dealkylation sites (tertiary alicyclic amines) is 1. The van der Waals surface area contributed by atoms with E-state index in [1.165, 1.54) is 32.4 Å². The predicted molar refractivity (Wildman–Crippen MR) is 62.4 cm³/mol. The van der Waals surface area contributed by atoms with Crippen LogP contribution in [0.15, 0.2) is 0 Å². The molecule has 4 heteroatoms. The van der Waals surface area contributed by atoms with Crippen molar-refractivity contribution in [2.45, 2.75) is 38.1 Å². The maximum absolute atomic E-state index is 10.3. The molecule has 0 bridgehead atoms. The summed E-state index contributed by atoms with van der Waals surface area (Å²) < 4.78 is 0. The molecule has 1 saturated carbocycles. The molecule has 2 aliphatic rings. The predicted octanol–water partition coefficient (Wildman–Crippen LogP) is 0.925. The molecule has 2 N–H and O–H groups in total. The van der Waals surface area contributed by atoms with Gasteiger partial charge in [0.15, 0.2) is 0 Å². The standard InChI is InChI=1S/C12H22N2O2/c15-12(16)2-1-6-13-8-10-5-7-14(9-10)11-3-4-11/h10-11,13H,1-9H2,(H,15,16). The van der Waals surface area contributed by atoms with Gasteiger partial charge in [-0.3, -0.25) is 4.79 Å². The Bertz CT molecular complexity index is 241. The van der Waals surface area contributed by atoms with Gasteiger partial charge in [0, 0.05) is 19.0 Å². The van der Waals surface area contributed by atoms with Crippen LogP contribution in [-0.2, 0) is 4.79 Å². The smallest absolute Gasteiger partial charge is 0.303 e. The highest BCUT2D eigenvalue weighted by Crippen LogP contribution is 2.31. The normalized spacial score (nSPS) is 26.1. The van der Waals surface area contributed by atoms with Gasteiger partial charge in [0.1, 0.15) is 0 Å². The lowest BCUT2D eigenvalue weighted by molar-refractivity contribution is -0.137. The Kier molecular flexibility index (Phi) is 4.18. The van der Waals surface area contributed by atoms with Crippen molar-refractivity contribution in [3.8, 4) is 0 Å². The number of rotatable bonds is 7. The molecule has 2 rings (SSSR count). The molecule has 4 nitrogen and oxygen atoms in total. The van der Waals surface area contributed by atoms with E-state index in [2.05, 4.69) is 10.2 Å². The molecule has 1 aliphatic heterocycles. The third-order valence-corrected chi connectivity index (χ3v) is 3.56. The molecule has 0 aromatic rings. The van der Waals surface area contributed by atoms with Crippen molar-refractivity contribution in [3.05, 3.63) is 0 Å². The minimum atomic E-state index is -0.692. The van der Waals surface area contributed by atoms with Crippen molar-refractivity contribution in [2.75, 3.05) is 26.2 Å². The van der Waals surface area contributed by atoms with Gasteiger partial charge in [0.2, 0.25) is 0 Å². The highest BCUT2D eigenvalue weighted by atomic mass is 16.4. The number of carbonyl (C=O) groups is 1. The summed E-state index contributed by atoms with van der Waals surface area (Å²) in [6.45, 7) is 4.41. The maximum Gasteiger partial charge on any atom is 0.303 e. The lowest BCUT2D eigenvalue weighted by Gasteiger charge is -2.15. The number of carboxylic acid groups (broad SMARTS) is 1. The summed E-state index contributed by atoms with van der Waals surface area (Å²) in [5, 5.41) is 11.9. The third-order valence-electron chi connectivity index (χ3n) is 3.56. The summed E-state index contributed by atoms with van der Waals surface area (Å²) >= 11 is 0. The Balaban J connectivity index is 1.49. The van der Waals surface area contributed by atoms with Gasteiger partial charge >= 0.3 is 5.97 Å². The molecule has 1 atom stereocenters. The third kappa shape index (κ3) is 3.76. The molecule has 92 valence electrons. The number of hydrogen-bond acceptors (Lipinski definition) is 3. The van der Waals surface area contributed by atoms with Crippen LogP contribution in [0.3, 0.4) is 0 Å². The van der Waals surface area contributed by atoms with Crippen LogP contribution in [0.4, 0.5) is 0 Å². The monoisotopic (exact) mass is 226 g/mol. The van der Waals surface area contributed by atoms with E-state index in [-0.39, 0.29) is 6.42 Å². The quantitative estimate of drug-likeness (QED) is 0.634. The minimum absolute atomic E-state index is 0.284. The fourth-order valence-corrected chi connectivity index (χ4v) is 2.47. The Labute approximate surface area is 97.0 Å². The molecule has 0 amide bonds. The molecule has 0 aromatic heterocycles. The van der Waals surface area contributed by atoms with Gasteiger partial charge in [-0.15, -0.1) is 0 Å². The molecule has 0 spiro atoms. The van der Waals surface area contributed by atoms with Crippen LogP contribution >= 0.6 is 0 Å². The van der Waals surface area contributed by atoms with Crippen LogP contribution in [0.5, 0.6) is 0 Å². The molecule has 1 heterocycles. The van der Waals surface area contributed by atoms with E-state index in [1.54, 1.807) is 0 Å². The van der Waals surface area contributed by atoms with Crippen molar-refractivity contribution in [1.29, 1.82) is 0 Å². The maximum atomic E-state index is 10.3. The second-order valence-corrected chi connectivity index (χ2v) is 5.08. The van der Waals surface area contributed by atoms with Gasteiger partial charge in [-0.05, 0) is 51.2 Å². The first kappa shape index (κ1) is 11.9. The van der Waals surface area contributed by atoms with Crippen molar-refractivity contribution < 1.29 is 9.90 Å². The highest BCUT2D eigenvalue weighted by Gasteiger charge is 2.33. The Hall–Kier alpha value is -0.610. The number of hydrogen-bond donors (Lipinski definition) is 2. The zero-order valence-electron chi connectivity index (χ0n) is 9.82. The molecule has 1 aliphatic carbocycles. The molecule has 0 aromatic carbocycles. The van der Waals surface area contributed by atoms with Crippen LogP contribution in [0.25, 0.3) is 0 Å². The average molecular weight is 226 g/mol. The molecule has 1 unspecified atom stereocenters. The van der Waals surface area contributed by atoms with Crippen molar-refractivity contribution in [1.82, 2.24) is 10.2 Å². The minimum Gasteiger partial charge on any atom is -0.481 e. The first-order valence-electron chi connectivity index (χ1n) is 6.42. The Morgan fingerprint density at radius 2 is 2.19 bits per heavy atom. The lowest BCUT2D eigenvalue weighted by atomic mass is 10.1. The first-order valence-corrected chi connectivity index (χ1v) is 6.42. The highest BCUT2D eigenvalue weighted by molar-refractivity contribution is 5.66. The van der Waals surface area contributed by atoms with Crippen LogP contribution in [0, 0.1) is 5.92 Å². The summed E-state index contributed by atoms with van der Waals surface area (Å²) in [6.07, 6.45) is 5.14. The van der Waals surface area contributed by atoms with Crippen LogP contribution in [0.2, 0.25) is 0 Å². The summed E-state index contributed by atoms with van der Waals surface area (Å²) in [7, 11) is 0. The van der Waals surface area contributed by atoms with Crippen molar-refractivity contribution in [3.63, 3.8) is 0 Å². The van der Waals surface area contributed by atoms with Gasteiger partial charge in [-0.1, -0.05) is 0 Å². The van der Waals surface area contributed by atoms with Gasteiger partial charge in [0.05, 0.1) is 0 Å². The van der Waals surface area contributed by atoms with E-state index >= 15 is 0 Å². The number of carboxylic acids is 1. The van der Waals surface area contributed by atoms with Gasteiger partial charge in [0.25, 0.3) is 0 Å². The number of nitrogens with one attached hydrogen (secondary N) is 1. The summed E-state index contributed by atoms with van der Waals surface area (Å²) in [5.41, 5.74) is 0. The Morgan fingerprint density at radius 1 is 1.38 bits per heavy atom. The van der Waals surface area contributed by atoms with Crippen molar-refractivity contribution in [2.24, 2.45) is 5.92 Å². The second-order valence-electron chi connectivity index (χ2n) is 5.08. The zero-order chi connectivity index (χ0) is 11.4. The molecule has 2 fully saturated rings. The van der Waals surface area contributed by atoms with E-state index in [4.69, 9.17) is 5.11 Å². The van der Waals surface area contributed by atoms with Gasteiger partial charge in [-0.2, -0.15) is 0 Å². The molecular weight excluding hydrogens is 204 g/mol. The van der Waals surface area contributed by atoms with Crippen LogP contribution in [-0.4, -0.2) is 48.2 Å². The topological polar surface area (TPSA) is 52.6 Å². The van der Waals surface area contributed by atoms with E-state index in [0.717, 1.165) is 31.5 Å². The van der Waals surface area contributed by atoms with Crippen LogP contribution < -0.4 is 5.32 Å². The summed E-state index contributed by atoms with van der Waals surface area (Å²) in [5.74, 6) is 0.0907. The van der Waals surface area contributed by atoms with E-state index in [0.29, 0.717) is 0 Å². The largest absolute Gasteiger partial charge is 0.481 e. The average Bonchev–Trinajstić information content (AvgIpc) is 2.99. The van der Waals surface area contributed by atoms with Gasteiger partial charge in [-0.25, -0.2) is 0 Å². The molecule has 1 saturated heterocycles. The van der Waals surface area contributed by atoms with E-state index < -0.39 is 5.97 Å². The molecular formula is C12H22N2O2. The first-order chi connectivity index (χ1) is 7.75. The second kappa shape index (κ2) is 5.64. The number of aliphatic carboxylic acids is 1. The molecule has 0 radical (unpaired) electrons. The van der Waals surface area contributed by atoms with E-state index in [1.807, 2.05) is 0 Å². The molecule has 16 heavy (non-hydrogen) atoms. The summed E-state index contributed by atoms with van der Waals surface area (Å²) in [4.78, 5) is 12.9. The van der Waals surface area contributed by atoms with Gasteiger partial charge < -0.3 is 15.3 Å². The zero-order valence-corrected chi connectivity index (χ0v) is 9.82. The summed E-state index contributed by atoms with van der Waals surface area (Å²) in [6, 6.07) is 0.900. The van der Waals surface area contributed by atoms with Crippen LogP contribution in [0.1, 0.15) is 32.1 Å². The Morgan fingerprint density at radius 3 is 2.88 bits per heavy atom. The fraction of sp³-hybridized carbons (Fsp3) is 0.917. The van der Waals surface area contributed by atoms with E-state index in [9.17, 15) is 4.79 Å². The number of nitrogens with zero attached hydrogens (tertiary/aromatic N) is 1. The SMILES string of the molecule is O=C(O)CCCNCC1CCN(C2CC2)C1.